The van der Waals surface area contributed by atoms with Gasteiger partial charge in [-0.15, -0.1) is 0 Å². The predicted octanol–water partition coefficient (Wildman–Crippen LogP) is 2.72. The van der Waals surface area contributed by atoms with Gasteiger partial charge in [0.1, 0.15) is 5.75 Å². The second-order valence-electron chi connectivity index (χ2n) is 2.94. The Morgan fingerprint density at radius 3 is 3.00 bits per heavy atom. The van der Waals surface area contributed by atoms with Gasteiger partial charge < -0.3 is 9.47 Å². The van der Waals surface area contributed by atoms with Crippen LogP contribution in [0.3, 0.4) is 0 Å². The van der Waals surface area contributed by atoms with E-state index in [1.54, 1.807) is 36.0 Å². The first-order valence-corrected chi connectivity index (χ1v) is 5.42. The summed E-state index contributed by atoms with van der Waals surface area (Å²) in [5, 5.41) is 0.682. The van der Waals surface area contributed by atoms with E-state index < -0.39 is 0 Å². The van der Waals surface area contributed by atoms with Crippen LogP contribution in [0.15, 0.2) is 36.0 Å². The first-order valence-electron chi connectivity index (χ1n) is 4.54. The van der Waals surface area contributed by atoms with Crippen LogP contribution in [0.1, 0.15) is 10.4 Å². The third kappa shape index (κ3) is 2.38. The van der Waals surface area contributed by atoms with Crippen molar-refractivity contribution in [3.8, 4) is 10.8 Å². The van der Waals surface area contributed by atoms with Gasteiger partial charge in [-0.3, -0.25) is 0 Å². The lowest BCUT2D eigenvalue weighted by Crippen LogP contribution is -2.00. The summed E-state index contributed by atoms with van der Waals surface area (Å²) in [6.07, 6.45) is 1.62. The van der Waals surface area contributed by atoms with Gasteiger partial charge in [-0.2, -0.15) is 0 Å². The van der Waals surface area contributed by atoms with E-state index in [9.17, 15) is 4.79 Å². The SMILES string of the molecule is COC(=O)c1cccc(Oc2cncs2)c1. The molecule has 0 aliphatic rings. The van der Waals surface area contributed by atoms with E-state index in [1.165, 1.54) is 18.4 Å². The first-order chi connectivity index (χ1) is 7.79. The summed E-state index contributed by atoms with van der Waals surface area (Å²) >= 11 is 1.39. The van der Waals surface area contributed by atoms with Crippen molar-refractivity contribution in [1.82, 2.24) is 4.98 Å². The van der Waals surface area contributed by atoms with Crippen LogP contribution in [-0.2, 0) is 4.74 Å². The zero-order valence-electron chi connectivity index (χ0n) is 8.54. The predicted molar refractivity (Wildman–Crippen MR) is 60.0 cm³/mol. The van der Waals surface area contributed by atoms with Gasteiger partial charge in [0.25, 0.3) is 0 Å². The number of carbonyl (C=O) groups excluding carboxylic acids is 1. The highest BCUT2D eigenvalue weighted by molar-refractivity contribution is 7.11. The van der Waals surface area contributed by atoms with Crippen LogP contribution in [0, 0.1) is 0 Å². The van der Waals surface area contributed by atoms with Crippen LogP contribution < -0.4 is 4.74 Å². The van der Waals surface area contributed by atoms with Crippen LogP contribution >= 0.6 is 11.3 Å². The lowest BCUT2D eigenvalue weighted by molar-refractivity contribution is 0.0600. The van der Waals surface area contributed by atoms with E-state index in [4.69, 9.17) is 4.74 Å². The molecule has 0 saturated carbocycles. The van der Waals surface area contributed by atoms with Crippen molar-refractivity contribution in [3.63, 3.8) is 0 Å². The number of aromatic nitrogens is 1. The lowest BCUT2D eigenvalue weighted by Gasteiger charge is -2.03. The Balaban J connectivity index is 2.19. The second-order valence-corrected chi connectivity index (χ2v) is 3.79. The molecule has 1 aromatic heterocycles. The van der Waals surface area contributed by atoms with Gasteiger partial charge in [0.05, 0.1) is 24.4 Å². The molecular weight excluding hydrogens is 226 g/mol. The zero-order chi connectivity index (χ0) is 11.4. The normalized spacial score (nSPS) is 9.81. The van der Waals surface area contributed by atoms with E-state index in [0.29, 0.717) is 16.4 Å². The average molecular weight is 235 g/mol. The van der Waals surface area contributed by atoms with E-state index in [-0.39, 0.29) is 5.97 Å². The number of esters is 1. The van der Waals surface area contributed by atoms with Crippen molar-refractivity contribution in [2.45, 2.75) is 0 Å². The summed E-state index contributed by atoms with van der Waals surface area (Å²) in [5.74, 6) is 0.210. The molecular formula is C11H9NO3S. The molecule has 0 saturated heterocycles. The number of nitrogens with zero attached hydrogens (tertiary/aromatic N) is 1. The number of hydrogen-bond acceptors (Lipinski definition) is 5. The summed E-state index contributed by atoms with van der Waals surface area (Å²) < 4.78 is 10.1. The summed E-state index contributed by atoms with van der Waals surface area (Å²) in [6, 6.07) is 6.81. The standard InChI is InChI=1S/C11H9NO3S/c1-14-11(13)8-3-2-4-9(5-8)15-10-6-12-7-16-10/h2-7H,1H3. The third-order valence-electron chi connectivity index (χ3n) is 1.88. The van der Waals surface area contributed by atoms with Gasteiger partial charge in [-0.25, -0.2) is 9.78 Å². The van der Waals surface area contributed by atoms with Crippen LogP contribution in [0.25, 0.3) is 0 Å². The fraction of sp³-hybridized carbons (Fsp3) is 0.0909. The number of rotatable bonds is 3. The number of ether oxygens (including phenoxy) is 2. The molecule has 4 nitrogen and oxygen atoms in total. The number of carbonyl (C=O) groups is 1. The molecule has 0 amide bonds. The maximum atomic E-state index is 11.3. The minimum Gasteiger partial charge on any atom is -0.465 e. The zero-order valence-corrected chi connectivity index (χ0v) is 9.36. The molecule has 5 heteroatoms. The molecule has 0 N–H and O–H groups in total. The smallest absolute Gasteiger partial charge is 0.337 e. The Morgan fingerprint density at radius 2 is 2.31 bits per heavy atom. The number of thiazole rings is 1. The molecule has 0 atom stereocenters. The van der Waals surface area contributed by atoms with Gasteiger partial charge in [0.2, 0.25) is 5.06 Å². The molecule has 1 heterocycles. The lowest BCUT2D eigenvalue weighted by atomic mass is 10.2. The molecule has 0 fully saturated rings. The molecule has 0 aliphatic heterocycles. The minimum absolute atomic E-state index is 0.380. The van der Waals surface area contributed by atoms with Crippen molar-refractivity contribution in [2.75, 3.05) is 7.11 Å². The van der Waals surface area contributed by atoms with Gasteiger partial charge in [-0.05, 0) is 18.2 Å². The Bertz CT molecular complexity index is 482. The van der Waals surface area contributed by atoms with E-state index in [2.05, 4.69) is 9.72 Å². The quantitative estimate of drug-likeness (QED) is 0.767. The van der Waals surface area contributed by atoms with E-state index in [1.807, 2.05) is 0 Å². The molecule has 16 heavy (non-hydrogen) atoms. The highest BCUT2D eigenvalue weighted by atomic mass is 32.1. The van der Waals surface area contributed by atoms with Crippen LogP contribution in [0.4, 0.5) is 0 Å². The van der Waals surface area contributed by atoms with Gasteiger partial charge in [-0.1, -0.05) is 17.4 Å². The fourth-order valence-electron chi connectivity index (χ4n) is 1.18. The Morgan fingerprint density at radius 1 is 1.44 bits per heavy atom. The van der Waals surface area contributed by atoms with Crippen molar-refractivity contribution < 1.29 is 14.3 Å². The maximum Gasteiger partial charge on any atom is 0.337 e. The highest BCUT2D eigenvalue weighted by Gasteiger charge is 2.06. The maximum absolute atomic E-state index is 11.3. The van der Waals surface area contributed by atoms with Crippen molar-refractivity contribution in [3.05, 3.63) is 41.5 Å². The summed E-state index contributed by atoms with van der Waals surface area (Å²) in [7, 11) is 1.35. The third-order valence-corrected chi connectivity index (χ3v) is 2.53. The largest absolute Gasteiger partial charge is 0.465 e. The first kappa shape index (κ1) is 10.6. The minimum atomic E-state index is -0.380. The fourth-order valence-corrected chi connectivity index (χ4v) is 1.67. The molecule has 0 bridgehead atoms. The molecule has 0 radical (unpaired) electrons. The summed E-state index contributed by atoms with van der Waals surface area (Å²) in [6.45, 7) is 0. The monoisotopic (exact) mass is 235 g/mol. The molecule has 1 aromatic carbocycles. The Labute approximate surface area is 96.5 Å². The molecule has 0 aliphatic carbocycles. The number of methoxy groups -OCH3 is 1. The van der Waals surface area contributed by atoms with Gasteiger partial charge in [0.15, 0.2) is 0 Å². The van der Waals surface area contributed by atoms with Crippen molar-refractivity contribution >= 4 is 17.3 Å². The molecule has 0 unspecified atom stereocenters. The van der Waals surface area contributed by atoms with Crippen molar-refractivity contribution in [1.29, 1.82) is 0 Å². The topological polar surface area (TPSA) is 48.4 Å². The molecule has 2 aromatic rings. The van der Waals surface area contributed by atoms with Crippen molar-refractivity contribution in [2.24, 2.45) is 0 Å². The second kappa shape index (κ2) is 4.76. The highest BCUT2D eigenvalue weighted by Crippen LogP contribution is 2.25. The van der Waals surface area contributed by atoms with E-state index >= 15 is 0 Å². The Kier molecular flexibility index (Phi) is 3.16. The average Bonchev–Trinajstić information content (AvgIpc) is 2.81. The van der Waals surface area contributed by atoms with E-state index in [0.717, 1.165) is 0 Å². The van der Waals surface area contributed by atoms with Crippen LogP contribution in [0.2, 0.25) is 0 Å². The van der Waals surface area contributed by atoms with Gasteiger partial charge >= 0.3 is 5.97 Å². The van der Waals surface area contributed by atoms with Gasteiger partial charge in [0, 0.05) is 0 Å². The molecule has 82 valence electrons. The summed E-state index contributed by atoms with van der Waals surface area (Å²) in [5.41, 5.74) is 2.14. The molecule has 2 rings (SSSR count). The number of hydrogen-bond donors (Lipinski definition) is 0. The van der Waals surface area contributed by atoms with Crippen LogP contribution in [-0.4, -0.2) is 18.1 Å². The summed E-state index contributed by atoms with van der Waals surface area (Å²) in [4.78, 5) is 15.2. The Hall–Kier alpha value is -1.88. The van der Waals surface area contributed by atoms with Crippen LogP contribution in [0.5, 0.6) is 10.8 Å². The number of benzene rings is 1. The molecule has 0 spiro atoms.